The fourth-order valence-corrected chi connectivity index (χ4v) is 5.22. The van der Waals surface area contributed by atoms with Crippen molar-refractivity contribution in [1.29, 1.82) is 5.26 Å². The molecule has 0 aromatic rings. The highest BCUT2D eigenvalue weighted by atomic mass is 32.2. The minimum absolute atomic E-state index is 0.0826. The first-order chi connectivity index (χ1) is 19.3. The van der Waals surface area contributed by atoms with Crippen molar-refractivity contribution >= 4 is 41.5 Å². The number of nitriles is 1. The van der Waals surface area contributed by atoms with Gasteiger partial charge in [0.05, 0.1) is 24.5 Å². The lowest BCUT2D eigenvalue weighted by atomic mass is 9.95. The average molecular weight is 607 g/mol. The predicted molar refractivity (Wildman–Crippen MR) is 134 cm³/mol. The van der Waals surface area contributed by atoms with Gasteiger partial charge < -0.3 is 48.7 Å². The van der Waals surface area contributed by atoms with Gasteiger partial charge in [0, 0.05) is 34.6 Å². The lowest BCUT2D eigenvalue weighted by Gasteiger charge is -2.48. The lowest BCUT2D eigenvalue weighted by Crippen LogP contribution is -2.68. The summed E-state index contributed by atoms with van der Waals surface area (Å²) in [6.07, 6.45) is -11.8. The van der Waals surface area contributed by atoms with Crippen LogP contribution in [0, 0.1) is 11.3 Å². The van der Waals surface area contributed by atoms with Crippen LogP contribution in [-0.2, 0) is 57.1 Å². The number of thioether (sulfide) groups is 1. The van der Waals surface area contributed by atoms with Crippen LogP contribution in [-0.4, -0.2) is 119 Å². The third kappa shape index (κ3) is 9.80. The Morgan fingerprint density at radius 1 is 0.854 bits per heavy atom. The standard InChI is InChI=1S/C24H34N2O14S/c1-10(28)26-17-20(18(33)15(8-27)39-24(17)41-7-6-25)40-23-22(37-14(5)32)21(36-13(4)31)19(35-12(3)30)16(38-23)9-34-11(2)29/h15-24,27,33H,7-9H2,1-5H3,(H,26,28)/t15?,16-,17-,18+,19-,20?,21?,22?,23-,24-/m0/s1. The number of aliphatic hydroxyl groups is 2. The van der Waals surface area contributed by atoms with Crippen LogP contribution in [0.3, 0.4) is 0 Å². The van der Waals surface area contributed by atoms with E-state index in [4.69, 9.17) is 38.4 Å². The summed E-state index contributed by atoms with van der Waals surface area (Å²) in [5.41, 5.74) is -0.991. The number of aliphatic hydroxyl groups excluding tert-OH is 2. The molecule has 2 fully saturated rings. The van der Waals surface area contributed by atoms with E-state index < -0.39 is 103 Å². The van der Waals surface area contributed by atoms with Gasteiger partial charge in [-0.2, -0.15) is 5.26 Å². The number of nitrogens with zero attached hydrogens (tertiary/aromatic N) is 1. The van der Waals surface area contributed by atoms with Crippen molar-refractivity contribution in [2.45, 2.75) is 95.1 Å². The number of amides is 1. The Kier molecular flexibility index (Phi) is 13.2. The van der Waals surface area contributed by atoms with Gasteiger partial charge in [0.1, 0.15) is 36.5 Å². The third-order valence-electron chi connectivity index (χ3n) is 5.78. The zero-order chi connectivity index (χ0) is 30.9. The summed E-state index contributed by atoms with van der Waals surface area (Å²) in [6.45, 7) is 4.31. The van der Waals surface area contributed by atoms with Crippen LogP contribution in [0.2, 0.25) is 0 Å². The van der Waals surface area contributed by atoms with E-state index in [0.29, 0.717) is 0 Å². The minimum atomic E-state index is -1.68. The fourth-order valence-electron chi connectivity index (χ4n) is 4.33. The number of carbonyl (C=O) groups excluding carboxylic acids is 5. The molecule has 0 saturated carbocycles. The van der Waals surface area contributed by atoms with Gasteiger partial charge in [-0.3, -0.25) is 24.0 Å². The molecule has 0 aliphatic carbocycles. The normalized spacial score (nSPS) is 33.0. The molecule has 2 aliphatic heterocycles. The van der Waals surface area contributed by atoms with Gasteiger partial charge >= 0.3 is 23.9 Å². The van der Waals surface area contributed by atoms with Crippen molar-refractivity contribution in [1.82, 2.24) is 5.32 Å². The first-order valence-corrected chi connectivity index (χ1v) is 13.5. The molecule has 0 bridgehead atoms. The summed E-state index contributed by atoms with van der Waals surface area (Å²) in [5.74, 6) is -3.89. The predicted octanol–water partition coefficient (Wildman–Crippen LogP) is -1.71. The highest BCUT2D eigenvalue weighted by molar-refractivity contribution is 8.00. The number of hydrogen-bond acceptors (Lipinski definition) is 16. The molecule has 2 aliphatic rings. The van der Waals surface area contributed by atoms with Gasteiger partial charge in [0.25, 0.3) is 0 Å². The summed E-state index contributed by atoms with van der Waals surface area (Å²) >= 11 is 0.963. The number of hydrogen-bond donors (Lipinski definition) is 3. The lowest BCUT2D eigenvalue weighted by molar-refractivity contribution is -0.332. The maximum atomic E-state index is 12.1. The summed E-state index contributed by atoms with van der Waals surface area (Å²) in [6, 6.07) is 0.793. The first kappa shape index (κ1) is 34.2. The average Bonchev–Trinajstić information content (AvgIpc) is 2.86. The van der Waals surface area contributed by atoms with Gasteiger partial charge in [-0.1, -0.05) is 0 Å². The molecule has 0 radical (unpaired) electrons. The molecule has 2 rings (SSSR count). The van der Waals surface area contributed by atoms with Crippen LogP contribution in [0.1, 0.15) is 34.6 Å². The second-order valence-corrected chi connectivity index (χ2v) is 10.2. The number of ether oxygens (including phenoxy) is 7. The first-order valence-electron chi connectivity index (χ1n) is 12.4. The minimum Gasteiger partial charge on any atom is -0.463 e. The van der Waals surface area contributed by atoms with Crippen molar-refractivity contribution in [2.24, 2.45) is 0 Å². The van der Waals surface area contributed by atoms with E-state index in [1.807, 2.05) is 6.07 Å². The maximum Gasteiger partial charge on any atom is 0.303 e. The zero-order valence-electron chi connectivity index (χ0n) is 23.0. The van der Waals surface area contributed by atoms with E-state index in [9.17, 15) is 34.2 Å². The third-order valence-corrected chi connectivity index (χ3v) is 6.80. The smallest absolute Gasteiger partial charge is 0.303 e. The Bertz CT molecular complexity index is 1010. The van der Waals surface area contributed by atoms with Crippen LogP contribution < -0.4 is 5.32 Å². The van der Waals surface area contributed by atoms with Crippen LogP contribution in [0.5, 0.6) is 0 Å². The van der Waals surface area contributed by atoms with Crippen molar-refractivity contribution in [2.75, 3.05) is 19.0 Å². The van der Waals surface area contributed by atoms with Crippen molar-refractivity contribution in [3.63, 3.8) is 0 Å². The molecule has 17 heteroatoms. The molecule has 230 valence electrons. The van der Waals surface area contributed by atoms with Crippen LogP contribution in [0.15, 0.2) is 0 Å². The summed E-state index contributed by atoms with van der Waals surface area (Å²) in [4.78, 5) is 59.7. The Balaban J connectivity index is 2.58. The molecule has 2 saturated heterocycles. The largest absolute Gasteiger partial charge is 0.463 e. The Hall–Kier alpha value is -3.01. The Morgan fingerprint density at radius 3 is 1.95 bits per heavy atom. The highest BCUT2D eigenvalue weighted by Gasteiger charge is 2.55. The number of nitrogens with one attached hydrogen (secondary N) is 1. The topological polar surface area (TPSA) is 226 Å². The van der Waals surface area contributed by atoms with Crippen LogP contribution in [0.25, 0.3) is 0 Å². The van der Waals surface area contributed by atoms with Gasteiger partial charge in [-0.15, -0.1) is 11.8 Å². The second kappa shape index (κ2) is 15.8. The maximum absolute atomic E-state index is 12.1. The monoisotopic (exact) mass is 606 g/mol. The van der Waals surface area contributed by atoms with E-state index in [-0.39, 0.29) is 5.75 Å². The van der Waals surface area contributed by atoms with Crippen LogP contribution in [0.4, 0.5) is 0 Å². The van der Waals surface area contributed by atoms with Gasteiger partial charge in [-0.25, -0.2) is 0 Å². The van der Waals surface area contributed by atoms with E-state index in [1.54, 1.807) is 0 Å². The molecular weight excluding hydrogens is 572 g/mol. The number of carbonyl (C=O) groups is 5. The molecule has 16 nitrogen and oxygen atoms in total. The van der Waals surface area contributed by atoms with E-state index in [0.717, 1.165) is 39.5 Å². The van der Waals surface area contributed by atoms with Crippen molar-refractivity contribution in [3.8, 4) is 6.07 Å². The highest BCUT2D eigenvalue weighted by Crippen LogP contribution is 2.35. The fraction of sp³-hybridized carbons (Fsp3) is 0.750. The van der Waals surface area contributed by atoms with E-state index >= 15 is 0 Å². The summed E-state index contributed by atoms with van der Waals surface area (Å²) in [5, 5.41) is 32.5. The van der Waals surface area contributed by atoms with Gasteiger partial charge in [0.2, 0.25) is 5.91 Å². The molecule has 4 unspecified atom stereocenters. The van der Waals surface area contributed by atoms with E-state index in [2.05, 4.69) is 5.32 Å². The van der Waals surface area contributed by atoms with Gasteiger partial charge in [0.15, 0.2) is 24.6 Å². The van der Waals surface area contributed by atoms with Crippen molar-refractivity contribution < 1.29 is 67.3 Å². The Morgan fingerprint density at radius 2 is 1.44 bits per heavy atom. The van der Waals surface area contributed by atoms with E-state index in [1.165, 1.54) is 6.92 Å². The number of rotatable bonds is 11. The summed E-state index contributed by atoms with van der Waals surface area (Å²) in [7, 11) is 0. The molecule has 10 atom stereocenters. The van der Waals surface area contributed by atoms with Crippen LogP contribution >= 0.6 is 11.8 Å². The molecule has 0 aromatic carbocycles. The quantitative estimate of drug-likeness (QED) is 0.176. The molecular formula is C24H34N2O14S. The Labute approximate surface area is 239 Å². The second-order valence-electron chi connectivity index (χ2n) is 9.08. The van der Waals surface area contributed by atoms with Gasteiger partial charge in [-0.05, 0) is 0 Å². The molecule has 3 N–H and O–H groups in total. The molecule has 0 spiro atoms. The summed E-state index contributed by atoms with van der Waals surface area (Å²) < 4.78 is 38.8. The molecule has 0 aromatic heterocycles. The zero-order valence-corrected chi connectivity index (χ0v) is 23.9. The van der Waals surface area contributed by atoms with Crippen molar-refractivity contribution in [3.05, 3.63) is 0 Å². The number of esters is 4. The molecule has 1 amide bonds. The molecule has 2 heterocycles. The SMILES string of the molecule is CC(=O)N[C@H]1C(O[C@@H]2O[C@@H](COC(C)=O)[C@H](OC(C)=O)C(OC(C)=O)C2OC(C)=O)[C@H](O)C(CO)O[C@H]1SCC#N. The molecule has 41 heavy (non-hydrogen) atoms.